The zero-order valence-electron chi connectivity index (χ0n) is 10.8. The Labute approximate surface area is 120 Å². The molecule has 100 valence electrons. The fraction of sp³-hybridized carbons (Fsp3) is 0.462. The molecule has 1 aromatic heterocycles. The summed E-state index contributed by atoms with van der Waals surface area (Å²) >= 11 is 3.46. The van der Waals surface area contributed by atoms with Gasteiger partial charge in [0.25, 0.3) is 0 Å². The van der Waals surface area contributed by atoms with Crippen molar-refractivity contribution in [3.05, 3.63) is 22.7 Å². The van der Waals surface area contributed by atoms with Crippen LogP contribution in [0.3, 0.4) is 0 Å². The third-order valence-corrected chi connectivity index (χ3v) is 4.30. The van der Waals surface area contributed by atoms with Crippen LogP contribution in [0.15, 0.2) is 22.7 Å². The Kier molecular flexibility index (Phi) is 3.05. The maximum absolute atomic E-state index is 5.89. The minimum atomic E-state index is 0.0237. The van der Waals surface area contributed by atoms with Gasteiger partial charge < -0.3 is 5.73 Å². The summed E-state index contributed by atoms with van der Waals surface area (Å²) in [5.41, 5.74) is 7.57. The molecular formula is C13H16BrN5. The fourth-order valence-electron chi connectivity index (χ4n) is 2.82. The van der Waals surface area contributed by atoms with Gasteiger partial charge in [-0.15, -0.1) is 5.10 Å². The van der Waals surface area contributed by atoms with Gasteiger partial charge in [-0.3, -0.25) is 0 Å². The first kappa shape index (κ1) is 12.6. The zero-order valence-corrected chi connectivity index (χ0v) is 12.4. The molecule has 3 rings (SSSR count). The lowest BCUT2D eigenvalue weighted by molar-refractivity contribution is 0.292. The zero-order chi connectivity index (χ0) is 13.5. The molecule has 0 bridgehead atoms. The van der Waals surface area contributed by atoms with E-state index in [0.29, 0.717) is 5.69 Å². The van der Waals surface area contributed by atoms with Crippen LogP contribution in [0.4, 0.5) is 5.69 Å². The first-order chi connectivity index (χ1) is 9.08. The topological polar surface area (TPSA) is 69.6 Å². The van der Waals surface area contributed by atoms with E-state index in [1.54, 1.807) is 0 Å². The van der Waals surface area contributed by atoms with Crippen LogP contribution in [0.1, 0.15) is 32.6 Å². The number of tetrazole rings is 1. The van der Waals surface area contributed by atoms with Crippen molar-refractivity contribution in [1.82, 2.24) is 20.2 Å². The van der Waals surface area contributed by atoms with E-state index in [1.807, 2.05) is 22.9 Å². The average molecular weight is 322 g/mol. The molecule has 1 fully saturated rings. The number of hydrogen-bond donors (Lipinski definition) is 1. The molecule has 0 unspecified atom stereocenters. The Morgan fingerprint density at radius 3 is 2.68 bits per heavy atom. The van der Waals surface area contributed by atoms with Gasteiger partial charge in [0.15, 0.2) is 5.82 Å². The highest BCUT2D eigenvalue weighted by Crippen LogP contribution is 2.38. The van der Waals surface area contributed by atoms with Gasteiger partial charge in [-0.05, 0) is 48.4 Å². The van der Waals surface area contributed by atoms with Gasteiger partial charge in [0, 0.05) is 15.7 Å². The first-order valence-electron chi connectivity index (χ1n) is 6.44. The molecule has 1 aromatic carbocycles. The van der Waals surface area contributed by atoms with Crippen molar-refractivity contribution in [3.63, 3.8) is 0 Å². The van der Waals surface area contributed by atoms with Gasteiger partial charge in [0.05, 0.1) is 5.54 Å². The molecule has 5 nitrogen and oxygen atoms in total. The minimum Gasteiger partial charge on any atom is -0.399 e. The van der Waals surface area contributed by atoms with Crippen molar-refractivity contribution >= 4 is 21.6 Å². The highest BCUT2D eigenvalue weighted by molar-refractivity contribution is 9.10. The number of nitrogens with zero attached hydrogens (tertiary/aromatic N) is 4. The average Bonchev–Trinajstić information content (AvgIpc) is 2.96. The molecule has 0 aliphatic heterocycles. The summed E-state index contributed by atoms with van der Waals surface area (Å²) in [5, 5.41) is 12.2. The van der Waals surface area contributed by atoms with Crippen molar-refractivity contribution < 1.29 is 0 Å². The smallest absolute Gasteiger partial charge is 0.182 e. The van der Waals surface area contributed by atoms with Gasteiger partial charge in [-0.25, -0.2) is 4.68 Å². The van der Waals surface area contributed by atoms with Crippen molar-refractivity contribution in [1.29, 1.82) is 0 Å². The summed E-state index contributed by atoms with van der Waals surface area (Å²) < 4.78 is 2.90. The van der Waals surface area contributed by atoms with Crippen LogP contribution in [-0.4, -0.2) is 20.2 Å². The van der Waals surface area contributed by atoms with Gasteiger partial charge in [-0.1, -0.05) is 28.8 Å². The Balaban J connectivity index is 2.09. The standard InChI is InChI=1S/C13H16BrN5/c1-13(4-2-3-5-13)19-12(16-17-18-19)9-6-10(14)8-11(15)7-9/h6-8H,2-5,15H2,1H3. The number of benzene rings is 1. The van der Waals surface area contributed by atoms with Gasteiger partial charge in [-0.2, -0.15) is 0 Å². The predicted molar refractivity (Wildman–Crippen MR) is 77.5 cm³/mol. The second-order valence-corrected chi connectivity index (χ2v) is 6.31. The highest BCUT2D eigenvalue weighted by Gasteiger charge is 2.34. The number of hydrogen-bond acceptors (Lipinski definition) is 4. The van der Waals surface area contributed by atoms with Crippen LogP contribution < -0.4 is 5.73 Å². The van der Waals surface area contributed by atoms with Crippen molar-refractivity contribution in [2.45, 2.75) is 38.1 Å². The molecule has 6 heteroatoms. The Morgan fingerprint density at radius 2 is 2.00 bits per heavy atom. The largest absolute Gasteiger partial charge is 0.399 e. The van der Waals surface area contributed by atoms with E-state index in [2.05, 4.69) is 38.4 Å². The van der Waals surface area contributed by atoms with Crippen LogP contribution in [0.25, 0.3) is 11.4 Å². The fourth-order valence-corrected chi connectivity index (χ4v) is 3.33. The monoisotopic (exact) mass is 321 g/mol. The normalized spacial score (nSPS) is 17.8. The second-order valence-electron chi connectivity index (χ2n) is 5.39. The summed E-state index contributed by atoms with van der Waals surface area (Å²) in [7, 11) is 0. The molecule has 1 saturated carbocycles. The highest BCUT2D eigenvalue weighted by atomic mass is 79.9. The van der Waals surface area contributed by atoms with Crippen molar-refractivity contribution in [2.75, 3.05) is 5.73 Å². The van der Waals surface area contributed by atoms with Gasteiger partial charge in [0.2, 0.25) is 0 Å². The van der Waals surface area contributed by atoms with E-state index >= 15 is 0 Å². The van der Waals surface area contributed by atoms with Gasteiger partial charge in [0.1, 0.15) is 0 Å². The maximum Gasteiger partial charge on any atom is 0.182 e. The number of nitrogen functional groups attached to an aromatic ring is 1. The Morgan fingerprint density at radius 1 is 1.26 bits per heavy atom. The van der Waals surface area contributed by atoms with Crippen LogP contribution in [-0.2, 0) is 5.54 Å². The molecule has 0 atom stereocenters. The molecule has 0 spiro atoms. The van der Waals surface area contributed by atoms with Crippen LogP contribution >= 0.6 is 15.9 Å². The summed E-state index contributed by atoms with van der Waals surface area (Å²) in [5.74, 6) is 0.789. The van der Waals surface area contributed by atoms with E-state index in [0.717, 1.165) is 28.7 Å². The summed E-state index contributed by atoms with van der Waals surface area (Å²) in [4.78, 5) is 0. The number of nitrogens with two attached hydrogens (primary N) is 1. The van der Waals surface area contributed by atoms with Crippen LogP contribution in [0.5, 0.6) is 0 Å². The van der Waals surface area contributed by atoms with E-state index in [-0.39, 0.29) is 5.54 Å². The Hall–Kier alpha value is -1.43. The first-order valence-corrected chi connectivity index (χ1v) is 7.23. The van der Waals surface area contributed by atoms with Crippen molar-refractivity contribution in [2.24, 2.45) is 0 Å². The van der Waals surface area contributed by atoms with Gasteiger partial charge >= 0.3 is 0 Å². The summed E-state index contributed by atoms with van der Waals surface area (Å²) in [6, 6.07) is 5.77. The molecule has 0 amide bonds. The third kappa shape index (κ3) is 2.25. The summed E-state index contributed by atoms with van der Waals surface area (Å²) in [6.07, 6.45) is 4.70. The molecule has 1 aliphatic carbocycles. The lowest BCUT2D eigenvalue weighted by Gasteiger charge is -2.24. The van der Waals surface area contributed by atoms with E-state index in [4.69, 9.17) is 5.73 Å². The number of halogens is 1. The number of aromatic nitrogens is 4. The molecule has 0 radical (unpaired) electrons. The second kappa shape index (κ2) is 4.59. The molecule has 1 heterocycles. The minimum absolute atomic E-state index is 0.0237. The van der Waals surface area contributed by atoms with Crippen LogP contribution in [0, 0.1) is 0 Å². The molecule has 2 aromatic rings. The summed E-state index contributed by atoms with van der Waals surface area (Å²) in [6.45, 7) is 2.22. The lowest BCUT2D eigenvalue weighted by Crippen LogP contribution is -2.28. The predicted octanol–water partition coefficient (Wildman–Crippen LogP) is 2.97. The van der Waals surface area contributed by atoms with Crippen molar-refractivity contribution in [3.8, 4) is 11.4 Å². The molecule has 2 N–H and O–H groups in total. The van der Waals surface area contributed by atoms with Crippen LogP contribution in [0.2, 0.25) is 0 Å². The third-order valence-electron chi connectivity index (χ3n) is 3.84. The Bertz CT molecular complexity index is 581. The molecular weight excluding hydrogens is 306 g/mol. The van der Waals surface area contributed by atoms with E-state index < -0.39 is 0 Å². The lowest BCUT2D eigenvalue weighted by atomic mass is 10.0. The van der Waals surface area contributed by atoms with E-state index in [9.17, 15) is 0 Å². The number of rotatable bonds is 2. The number of anilines is 1. The SMILES string of the molecule is CC1(n2nnnc2-c2cc(N)cc(Br)c2)CCCC1. The maximum atomic E-state index is 5.89. The molecule has 0 saturated heterocycles. The molecule has 1 aliphatic rings. The molecule has 19 heavy (non-hydrogen) atoms. The quantitative estimate of drug-likeness (QED) is 0.863. The van der Waals surface area contributed by atoms with E-state index in [1.165, 1.54) is 12.8 Å².